The van der Waals surface area contributed by atoms with E-state index in [0.717, 1.165) is 10.9 Å². The van der Waals surface area contributed by atoms with Gasteiger partial charge in [0, 0.05) is 17.5 Å². The van der Waals surface area contributed by atoms with Gasteiger partial charge in [0.25, 0.3) is 0 Å². The minimum absolute atomic E-state index is 0.0133. The zero-order valence-corrected chi connectivity index (χ0v) is 12.6. The van der Waals surface area contributed by atoms with Crippen LogP contribution in [0.1, 0.15) is 24.8 Å². The second-order valence-corrected chi connectivity index (χ2v) is 5.93. The van der Waals surface area contributed by atoms with Gasteiger partial charge in [0.2, 0.25) is 0 Å². The fraction of sp³-hybridized carbons (Fsp3) is 0.308. The van der Waals surface area contributed by atoms with Crippen LogP contribution in [0.3, 0.4) is 0 Å². The van der Waals surface area contributed by atoms with Crippen molar-refractivity contribution in [2.75, 3.05) is 17.2 Å². The molecule has 0 radical (unpaired) electrons. The van der Waals surface area contributed by atoms with Crippen molar-refractivity contribution >= 4 is 34.6 Å². The minimum atomic E-state index is -0.723. The number of rotatable bonds is 5. The average Bonchev–Trinajstić information content (AvgIpc) is 2.82. The minimum Gasteiger partial charge on any atom is -0.368 e. The molecule has 0 fully saturated rings. The van der Waals surface area contributed by atoms with Crippen molar-refractivity contribution in [2.45, 2.75) is 19.9 Å². The van der Waals surface area contributed by atoms with Gasteiger partial charge in [-0.2, -0.15) is 0 Å². The van der Waals surface area contributed by atoms with E-state index in [4.69, 9.17) is 11.6 Å². The molecule has 0 spiro atoms. The lowest BCUT2D eigenvalue weighted by molar-refractivity contribution is 0.576. The maximum absolute atomic E-state index is 13.7. The van der Waals surface area contributed by atoms with E-state index in [1.165, 1.54) is 11.3 Å². The Morgan fingerprint density at radius 2 is 2.00 bits per heavy atom. The van der Waals surface area contributed by atoms with Gasteiger partial charge in [0.05, 0.1) is 10.4 Å². The van der Waals surface area contributed by atoms with Gasteiger partial charge in [-0.05, 0) is 26.0 Å². The van der Waals surface area contributed by atoms with Crippen LogP contribution in [0, 0.1) is 11.6 Å². The highest BCUT2D eigenvalue weighted by Gasteiger charge is 2.15. The van der Waals surface area contributed by atoms with Crippen LogP contribution in [0.15, 0.2) is 18.2 Å². The standard InChI is InChI=1S/C13H14ClF2N3S/c1-3-17-12-8(15)6-9(16)13(19-12)18-7(2)10-4-5-11(14)20-10/h4-7H,3H2,1-2H3,(H2,17,18,19). The Morgan fingerprint density at radius 3 is 2.60 bits per heavy atom. The molecular formula is C13H14ClF2N3S. The van der Waals surface area contributed by atoms with Crippen LogP contribution in [0.4, 0.5) is 20.4 Å². The molecule has 0 saturated carbocycles. The van der Waals surface area contributed by atoms with Crippen molar-refractivity contribution < 1.29 is 8.78 Å². The molecule has 2 heterocycles. The fourth-order valence-corrected chi connectivity index (χ4v) is 2.76. The van der Waals surface area contributed by atoms with Gasteiger partial charge < -0.3 is 10.6 Å². The van der Waals surface area contributed by atoms with Crippen molar-refractivity contribution in [3.8, 4) is 0 Å². The number of nitrogens with one attached hydrogen (secondary N) is 2. The zero-order valence-electron chi connectivity index (χ0n) is 11.0. The summed E-state index contributed by atoms with van der Waals surface area (Å²) in [4.78, 5) is 4.88. The van der Waals surface area contributed by atoms with Crippen LogP contribution < -0.4 is 10.6 Å². The van der Waals surface area contributed by atoms with Gasteiger partial charge in [-0.3, -0.25) is 0 Å². The molecule has 0 aliphatic rings. The predicted molar refractivity (Wildman–Crippen MR) is 79.7 cm³/mol. The summed E-state index contributed by atoms with van der Waals surface area (Å²) < 4.78 is 27.9. The molecule has 108 valence electrons. The first-order chi connectivity index (χ1) is 9.51. The van der Waals surface area contributed by atoms with Crippen molar-refractivity contribution in [1.82, 2.24) is 4.98 Å². The Bertz CT molecular complexity index is 603. The summed E-state index contributed by atoms with van der Waals surface area (Å²) in [7, 11) is 0. The topological polar surface area (TPSA) is 37.0 Å². The lowest BCUT2D eigenvalue weighted by Crippen LogP contribution is -2.11. The number of hydrogen-bond acceptors (Lipinski definition) is 4. The molecule has 0 aliphatic heterocycles. The fourth-order valence-electron chi connectivity index (χ4n) is 1.70. The molecule has 1 atom stereocenters. The number of pyridine rings is 1. The third kappa shape index (κ3) is 3.37. The average molecular weight is 318 g/mol. The Morgan fingerprint density at radius 1 is 1.30 bits per heavy atom. The lowest BCUT2D eigenvalue weighted by atomic mass is 10.2. The van der Waals surface area contributed by atoms with Crippen LogP contribution in [-0.2, 0) is 0 Å². The Labute approximate surface area is 125 Å². The maximum Gasteiger partial charge on any atom is 0.168 e. The van der Waals surface area contributed by atoms with E-state index in [-0.39, 0.29) is 17.7 Å². The van der Waals surface area contributed by atoms with Crippen molar-refractivity contribution in [3.63, 3.8) is 0 Å². The molecule has 1 unspecified atom stereocenters. The van der Waals surface area contributed by atoms with Gasteiger partial charge in [0.15, 0.2) is 23.3 Å². The Balaban J connectivity index is 2.22. The smallest absolute Gasteiger partial charge is 0.168 e. The molecule has 0 saturated heterocycles. The summed E-state index contributed by atoms with van der Waals surface area (Å²) in [5.41, 5.74) is 0. The first-order valence-electron chi connectivity index (χ1n) is 6.13. The van der Waals surface area contributed by atoms with E-state index >= 15 is 0 Å². The van der Waals surface area contributed by atoms with E-state index in [1.807, 2.05) is 19.9 Å². The predicted octanol–water partition coefficient (Wildman–Crippen LogP) is 4.68. The first kappa shape index (κ1) is 15.0. The third-order valence-electron chi connectivity index (χ3n) is 2.65. The summed E-state index contributed by atoms with van der Waals surface area (Å²) in [6, 6.07) is 4.28. The molecule has 0 aliphatic carbocycles. The highest BCUT2D eigenvalue weighted by Crippen LogP contribution is 2.29. The van der Waals surface area contributed by atoms with Gasteiger partial charge in [-0.25, -0.2) is 13.8 Å². The largest absolute Gasteiger partial charge is 0.368 e. The molecule has 3 nitrogen and oxygen atoms in total. The SMILES string of the molecule is CCNc1nc(NC(C)c2ccc(Cl)s2)c(F)cc1F. The summed E-state index contributed by atoms with van der Waals surface area (Å²) in [6.07, 6.45) is 0. The molecule has 0 amide bonds. The third-order valence-corrected chi connectivity index (χ3v) is 4.06. The molecule has 2 aromatic heterocycles. The van der Waals surface area contributed by atoms with Gasteiger partial charge in [0.1, 0.15) is 0 Å². The number of nitrogens with zero attached hydrogens (tertiary/aromatic N) is 1. The number of halogens is 3. The quantitative estimate of drug-likeness (QED) is 0.840. The Hall–Kier alpha value is -1.40. The van der Waals surface area contributed by atoms with Gasteiger partial charge in [-0.15, -0.1) is 11.3 Å². The first-order valence-corrected chi connectivity index (χ1v) is 7.32. The van der Waals surface area contributed by atoms with Crippen LogP contribution >= 0.6 is 22.9 Å². The second-order valence-electron chi connectivity index (χ2n) is 4.19. The Kier molecular flexibility index (Phi) is 4.77. The normalized spacial score (nSPS) is 12.2. The van der Waals surface area contributed by atoms with Crippen LogP contribution in [-0.4, -0.2) is 11.5 Å². The number of thiophene rings is 1. The molecule has 2 N–H and O–H groups in total. The summed E-state index contributed by atoms with van der Waals surface area (Å²) >= 11 is 7.27. The van der Waals surface area contributed by atoms with Crippen molar-refractivity contribution in [3.05, 3.63) is 39.0 Å². The molecule has 2 aromatic rings. The van der Waals surface area contributed by atoms with E-state index in [9.17, 15) is 8.78 Å². The van der Waals surface area contributed by atoms with Crippen LogP contribution in [0.5, 0.6) is 0 Å². The molecule has 7 heteroatoms. The van der Waals surface area contributed by atoms with Crippen LogP contribution in [0.2, 0.25) is 4.34 Å². The second kappa shape index (κ2) is 6.37. The molecule has 2 rings (SSSR count). The van der Waals surface area contributed by atoms with Gasteiger partial charge >= 0.3 is 0 Å². The van der Waals surface area contributed by atoms with Gasteiger partial charge in [-0.1, -0.05) is 11.6 Å². The number of anilines is 2. The molecule has 20 heavy (non-hydrogen) atoms. The highest BCUT2D eigenvalue weighted by atomic mass is 35.5. The number of aromatic nitrogens is 1. The van der Waals surface area contributed by atoms with Crippen molar-refractivity contribution in [1.29, 1.82) is 0 Å². The molecular weight excluding hydrogens is 304 g/mol. The summed E-state index contributed by atoms with van der Waals surface area (Å²) in [6.45, 7) is 4.18. The highest BCUT2D eigenvalue weighted by molar-refractivity contribution is 7.16. The summed E-state index contributed by atoms with van der Waals surface area (Å²) in [5, 5.41) is 5.67. The lowest BCUT2D eigenvalue weighted by Gasteiger charge is -2.15. The zero-order chi connectivity index (χ0) is 14.7. The van der Waals surface area contributed by atoms with E-state index < -0.39 is 11.6 Å². The van der Waals surface area contributed by atoms with E-state index in [1.54, 1.807) is 6.07 Å². The maximum atomic E-state index is 13.7. The molecule has 0 aromatic carbocycles. The summed E-state index contributed by atoms with van der Waals surface area (Å²) in [5.74, 6) is -1.38. The van der Waals surface area contributed by atoms with E-state index in [0.29, 0.717) is 10.9 Å². The number of hydrogen-bond donors (Lipinski definition) is 2. The monoisotopic (exact) mass is 317 g/mol. The van der Waals surface area contributed by atoms with Crippen molar-refractivity contribution in [2.24, 2.45) is 0 Å². The van der Waals surface area contributed by atoms with Crippen LogP contribution in [0.25, 0.3) is 0 Å². The molecule has 0 bridgehead atoms. The van der Waals surface area contributed by atoms with E-state index in [2.05, 4.69) is 15.6 Å².